The Kier molecular flexibility index (Phi) is 4.10. The number of hydrogen-bond donors (Lipinski definition) is 0. The molecule has 0 aromatic heterocycles. The predicted octanol–water partition coefficient (Wildman–Crippen LogP) is 2.80. The third kappa shape index (κ3) is 2.83. The smallest absolute Gasteiger partial charge is 0.410 e. The van der Waals surface area contributed by atoms with Crippen LogP contribution in [0.4, 0.5) is 4.79 Å². The van der Waals surface area contributed by atoms with E-state index in [2.05, 4.69) is 13.8 Å². The molecule has 0 N–H and O–H groups in total. The fourth-order valence-corrected chi connectivity index (χ4v) is 3.25. The molecule has 5 nitrogen and oxygen atoms in total. The molecule has 0 saturated carbocycles. The van der Waals surface area contributed by atoms with Crippen molar-refractivity contribution >= 4 is 6.09 Å². The van der Waals surface area contributed by atoms with Crippen LogP contribution < -0.4 is 0 Å². The first-order valence-corrected chi connectivity index (χ1v) is 7.76. The van der Waals surface area contributed by atoms with Crippen molar-refractivity contribution in [2.45, 2.75) is 32.7 Å². The summed E-state index contributed by atoms with van der Waals surface area (Å²) in [6.07, 6.45) is 0.408. The Morgan fingerprint density at radius 2 is 1.91 bits per heavy atom. The Bertz CT molecular complexity index is 523. The molecule has 2 aliphatic heterocycles. The van der Waals surface area contributed by atoms with Crippen molar-refractivity contribution in [3.05, 3.63) is 35.9 Å². The van der Waals surface area contributed by atoms with Crippen molar-refractivity contribution in [3.63, 3.8) is 0 Å². The van der Waals surface area contributed by atoms with Crippen molar-refractivity contribution in [2.75, 3.05) is 26.3 Å². The van der Waals surface area contributed by atoms with Crippen molar-refractivity contribution in [2.24, 2.45) is 5.41 Å². The van der Waals surface area contributed by atoms with Crippen molar-refractivity contribution in [1.29, 1.82) is 0 Å². The van der Waals surface area contributed by atoms with Gasteiger partial charge in [-0.15, -0.1) is 0 Å². The largest absolute Gasteiger partial charge is 0.445 e. The molecule has 1 aromatic carbocycles. The van der Waals surface area contributed by atoms with Gasteiger partial charge in [0, 0.05) is 24.9 Å². The van der Waals surface area contributed by atoms with Gasteiger partial charge in [0.1, 0.15) is 6.61 Å². The van der Waals surface area contributed by atoms with E-state index in [0.717, 1.165) is 5.56 Å². The summed E-state index contributed by atoms with van der Waals surface area (Å²) in [6, 6.07) is 9.71. The molecular weight excluding hydrogens is 282 g/mol. The third-order valence-corrected chi connectivity index (χ3v) is 4.55. The molecule has 3 rings (SSSR count). The SMILES string of the molecule is CC1(C)CN(C(=O)OCc2ccccc2)CCC12OCCO2. The minimum Gasteiger partial charge on any atom is -0.445 e. The Morgan fingerprint density at radius 1 is 1.23 bits per heavy atom. The van der Waals surface area contributed by atoms with Crippen molar-refractivity contribution in [1.82, 2.24) is 4.90 Å². The maximum Gasteiger partial charge on any atom is 0.410 e. The normalized spacial score (nSPS) is 22.7. The number of benzene rings is 1. The molecule has 1 amide bonds. The zero-order valence-electron chi connectivity index (χ0n) is 13.2. The molecule has 0 unspecified atom stereocenters. The van der Waals surface area contributed by atoms with E-state index >= 15 is 0 Å². The van der Waals surface area contributed by atoms with Crippen LogP contribution in [-0.2, 0) is 20.8 Å². The molecule has 2 fully saturated rings. The summed E-state index contributed by atoms with van der Waals surface area (Å²) in [4.78, 5) is 14.0. The molecule has 2 heterocycles. The van der Waals surface area contributed by atoms with E-state index in [1.165, 1.54) is 0 Å². The molecular formula is C17H23NO4. The van der Waals surface area contributed by atoms with Crippen LogP contribution in [0.3, 0.4) is 0 Å². The quantitative estimate of drug-likeness (QED) is 0.843. The average Bonchev–Trinajstić information content (AvgIpc) is 2.99. The van der Waals surface area contributed by atoms with Gasteiger partial charge in [0.25, 0.3) is 0 Å². The summed E-state index contributed by atoms with van der Waals surface area (Å²) >= 11 is 0. The maximum absolute atomic E-state index is 12.3. The van der Waals surface area contributed by atoms with E-state index in [-0.39, 0.29) is 11.5 Å². The van der Waals surface area contributed by atoms with E-state index in [9.17, 15) is 4.79 Å². The van der Waals surface area contributed by atoms with Gasteiger partial charge in [0.05, 0.1) is 13.2 Å². The second-order valence-corrected chi connectivity index (χ2v) is 6.55. The van der Waals surface area contributed by atoms with Crippen LogP contribution in [0.5, 0.6) is 0 Å². The Hall–Kier alpha value is -1.59. The number of likely N-dealkylation sites (tertiary alicyclic amines) is 1. The van der Waals surface area contributed by atoms with E-state index in [0.29, 0.717) is 39.3 Å². The van der Waals surface area contributed by atoms with Crippen LogP contribution in [0.15, 0.2) is 30.3 Å². The molecule has 2 saturated heterocycles. The molecule has 22 heavy (non-hydrogen) atoms. The van der Waals surface area contributed by atoms with E-state index in [1.807, 2.05) is 30.3 Å². The summed E-state index contributed by atoms with van der Waals surface area (Å²) in [5, 5.41) is 0. The van der Waals surface area contributed by atoms with Gasteiger partial charge in [-0.05, 0) is 5.56 Å². The average molecular weight is 305 g/mol. The topological polar surface area (TPSA) is 48.0 Å². The van der Waals surface area contributed by atoms with Crippen LogP contribution in [0.1, 0.15) is 25.8 Å². The minimum atomic E-state index is -0.552. The Labute approximate surface area is 131 Å². The summed E-state index contributed by atoms with van der Waals surface area (Å²) in [5.41, 5.74) is 0.735. The second kappa shape index (κ2) is 5.89. The number of amides is 1. The van der Waals surface area contributed by atoms with Crippen molar-refractivity contribution < 1.29 is 19.0 Å². The molecule has 0 aliphatic carbocycles. The van der Waals surface area contributed by atoms with Gasteiger partial charge in [0.15, 0.2) is 5.79 Å². The Morgan fingerprint density at radius 3 is 2.55 bits per heavy atom. The highest BCUT2D eigenvalue weighted by Gasteiger charge is 2.54. The van der Waals surface area contributed by atoms with E-state index in [4.69, 9.17) is 14.2 Å². The first-order chi connectivity index (χ1) is 10.5. The molecule has 0 radical (unpaired) electrons. The van der Waals surface area contributed by atoms with Crippen LogP contribution in [0, 0.1) is 5.41 Å². The lowest BCUT2D eigenvalue weighted by Crippen LogP contribution is -2.59. The molecule has 120 valence electrons. The van der Waals surface area contributed by atoms with Gasteiger partial charge in [0.2, 0.25) is 0 Å². The minimum absolute atomic E-state index is 0.256. The summed E-state index contributed by atoms with van der Waals surface area (Å²) in [6.45, 7) is 6.88. The highest BCUT2D eigenvalue weighted by Crippen LogP contribution is 2.44. The molecule has 0 bridgehead atoms. The molecule has 1 spiro atoms. The zero-order chi connectivity index (χ0) is 15.6. The van der Waals surface area contributed by atoms with Gasteiger partial charge in [-0.3, -0.25) is 0 Å². The van der Waals surface area contributed by atoms with Crippen molar-refractivity contribution in [3.8, 4) is 0 Å². The van der Waals surface area contributed by atoms with Crippen LogP contribution in [-0.4, -0.2) is 43.1 Å². The molecule has 0 atom stereocenters. The number of piperidine rings is 1. The first kappa shape index (κ1) is 15.3. The van der Waals surface area contributed by atoms with Gasteiger partial charge in [-0.25, -0.2) is 4.79 Å². The number of nitrogens with zero attached hydrogens (tertiary/aromatic N) is 1. The third-order valence-electron chi connectivity index (χ3n) is 4.55. The molecule has 1 aromatic rings. The highest BCUT2D eigenvalue weighted by molar-refractivity contribution is 5.68. The summed E-state index contributed by atoms with van der Waals surface area (Å²) < 4.78 is 17.1. The summed E-state index contributed by atoms with van der Waals surface area (Å²) in [7, 11) is 0. The number of rotatable bonds is 2. The highest BCUT2D eigenvalue weighted by atomic mass is 16.7. The van der Waals surface area contributed by atoms with Crippen LogP contribution >= 0.6 is 0 Å². The lowest BCUT2D eigenvalue weighted by atomic mass is 9.78. The fraction of sp³-hybridized carbons (Fsp3) is 0.588. The molecule has 5 heteroatoms. The van der Waals surface area contributed by atoms with E-state index < -0.39 is 5.79 Å². The van der Waals surface area contributed by atoms with Gasteiger partial charge >= 0.3 is 6.09 Å². The van der Waals surface area contributed by atoms with Gasteiger partial charge in [-0.1, -0.05) is 44.2 Å². The lowest BCUT2D eigenvalue weighted by molar-refractivity contribution is -0.250. The van der Waals surface area contributed by atoms with Gasteiger partial charge in [-0.2, -0.15) is 0 Å². The number of hydrogen-bond acceptors (Lipinski definition) is 4. The monoisotopic (exact) mass is 305 g/mol. The van der Waals surface area contributed by atoms with E-state index in [1.54, 1.807) is 4.90 Å². The zero-order valence-corrected chi connectivity index (χ0v) is 13.2. The standard InChI is InChI=1S/C17H23NO4/c1-16(2)13-18(9-8-17(16)21-10-11-22-17)15(19)20-12-14-6-4-3-5-7-14/h3-7H,8-13H2,1-2H3. The van der Waals surface area contributed by atoms with Crippen LogP contribution in [0.2, 0.25) is 0 Å². The second-order valence-electron chi connectivity index (χ2n) is 6.55. The lowest BCUT2D eigenvalue weighted by Gasteiger charge is -2.49. The number of ether oxygens (including phenoxy) is 3. The Balaban J connectivity index is 1.58. The first-order valence-electron chi connectivity index (χ1n) is 7.76. The number of carbonyl (C=O) groups excluding carboxylic acids is 1. The fourth-order valence-electron chi connectivity index (χ4n) is 3.25. The summed E-state index contributed by atoms with van der Waals surface area (Å²) in [5.74, 6) is -0.552. The van der Waals surface area contributed by atoms with Crippen LogP contribution in [0.25, 0.3) is 0 Å². The van der Waals surface area contributed by atoms with Gasteiger partial charge < -0.3 is 19.1 Å². The number of carbonyl (C=O) groups is 1. The maximum atomic E-state index is 12.3. The predicted molar refractivity (Wildman–Crippen MR) is 81.2 cm³/mol. The molecule has 2 aliphatic rings.